The number of hydrogen-bond acceptors (Lipinski definition) is 3. The smallest absolute Gasteiger partial charge is 0.336 e. The molecule has 0 spiro atoms. The first-order chi connectivity index (χ1) is 9.75. The lowest BCUT2D eigenvalue weighted by Gasteiger charge is -2.36. The summed E-state index contributed by atoms with van der Waals surface area (Å²) in [5.74, 6) is -0.812. The fourth-order valence-corrected chi connectivity index (χ4v) is 4.96. The van der Waals surface area contributed by atoms with E-state index in [1.54, 1.807) is 0 Å². The van der Waals surface area contributed by atoms with E-state index in [9.17, 15) is 13.2 Å². The zero-order chi connectivity index (χ0) is 15.8. The molecule has 2 rings (SSSR count). The molecule has 0 aromatic heterocycles. The number of benzene rings is 1. The highest BCUT2D eigenvalue weighted by molar-refractivity contribution is 14.1. The van der Waals surface area contributed by atoms with Gasteiger partial charge in [0.25, 0.3) is 0 Å². The lowest BCUT2D eigenvalue weighted by molar-refractivity contribution is 0.0695. The van der Waals surface area contributed by atoms with Gasteiger partial charge in [0.1, 0.15) is 0 Å². The second kappa shape index (κ2) is 6.21. The summed E-state index contributed by atoms with van der Waals surface area (Å²) < 4.78 is 27.5. The van der Waals surface area contributed by atoms with Gasteiger partial charge in [-0.05, 0) is 66.5 Å². The molecule has 1 aromatic rings. The standard InChI is InChI=1S/C14H18INO4S/c1-9-4-3-7-16(10(9)2)21(19,20)11-5-6-13(15)12(8-11)14(17)18/h5-6,8-10H,3-4,7H2,1-2H3,(H,17,18). The number of hydrogen-bond donors (Lipinski definition) is 1. The van der Waals surface area contributed by atoms with Crippen molar-refractivity contribution < 1.29 is 18.3 Å². The molecule has 7 heteroatoms. The largest absolute Gasteiger partial charge is 0.478 e. The molecular weight excluding hydrogens is 405 g/mol. The van der Waals surface area contributed by atoms with E-state index < -0.39 is 16.0 Å². The van der Waals surface area contributed by atoms with Crippen molar-refractivity contribution in [2.45, 2.75) is 37.6 Å². The molecular formula is C14H18INO4S. The summed E-state index contributed by atoms with van der Waals surface area (Å²) in [4.78, 5) is 11.2. The minimum atomic E-state index is -3.65. The molecule has 0 radical (unpaired) electrons. The highest BCUT2D eigenvalue weighted by atomic mass is 127. The van der Waals surface area contributed by atoms with E-state index >= 15 is 0 Å². The van der Waals surface area contributed by atoms with Crippen LogP contribution in [0.4, 0.5) is 0 Å². The van der Waals surface area contributed by atoms with Gasteiger partial charge in [-0.25, -0.2) is 13.2 Å². The number of halogens is 1. The zero-order valence-electron chi connectivity index (χ0n) is 11.9. The van der Waals surface area contributed by atoms with E-state index in [2.05, 4.69) is 0 Å². The number of rotatable bonds is 3. The molecule has 1 heterocycles. The predicted molar refractivity (Wildman–Crippen MR) is 87.9 cm³/mol. The first-order valence-corrected chi connectivity index (χ1v) is 9.31. The van der Waals surface area contributed by atoms with E-state index in [0.29, 0.717) is 16.0 Å². The third-order valence-corrected chi connectivity index (χ3v) is 7.01. The number of piperidine rings is 1. The van der Waals surface area contributed by atoms with Crippen molar-refractivity contribution in [2.75, 3.05) is 6.54 Å². The average Bonchev–Trinajstić information content (AvgIpc) is 2.41. The molecule has 2 unspecified atom stereocenters. The maximum absolute atomic E-state index is 12.8. The Hall–Kier alpha value is -0.670. The summed E-state index contributed by atoms with van der Waals surface area (Å²) in [5, 5.41) is 9.15. The lowest BCUT2D eigenvalue weighted by atomic mass is 9.94. The molecule has 1 aromatic carbocycles. The Morgan fingerprint density at radius 3 is 2.67 bits per heavy atom. The van der Waals surface area contributed by atoms with Gasteiger partial charge < -0.3 is 5.11 Å². The van der Waals surface area contributed by atoms with Gasteiger partial charge in [0, 0.05) is 16.2 Å². The minimum Gasteiger partial charge on any atom is -0.478 e. The highest BCUT2D eigenvalue weighted by Gasteiger charge is 2.34. The summed E-state index contributed by atoms with van der Waals surface area (Å²) in [7, 11) is -3.65. The van der Waals surface area contributed by atoms with Crippen LogP contribution in [0.5, 0.6) is 0 Å². The van der Waals surface area contributed by atoms with Gasteiger partial charge in [0.2, 0.25) is 10.0 Å². The van der Waals surface area contributed by atoms with Crippen LogP contribution < -0.4 is 0 Å². The summed E-state index contributed by atoms with van der Waals surface area (Å²) in [6.45, 7) is 4.44. The number of sulfonamides is 1. The Balaban J connectivity index is 2.44. The number of carboxylic acids is 1. The summed E-state index contributed by atoms with van der Waals surface area (Å²) in [5.41, 5.74) is 0.0226. The third kappa shape index (κ3) is 3.24. The predicted octanol–water partition coefficient (Wildman–Crippen LogP) is 2.80. The highest BCUT2D eigenvalue weighted by Crippen LogP contribution is 2.29. The summed E-state index contributed by atoms with van der Waals surface area (Å²) in [6, 6.07) is 4.20. The molecule has 21 heavy (non-hydrogen) atoms. The first kappa shape index (κ1) is 16.7. The van der Waals surface area contributed by atoms with Crippen LogP contribution in [0.15, 0.2) is 23.1 Å². The molecule has 0 saturated carbocycles. The number of nitrogens with zero attached hydrogens (tertiary/aromatic N) is 1. The van der Waals surface area contributed by atoms with Gasteiger partial charge in [-0.15, -0.1) is 0 Å². The fraction of sp³-hybridized carbons (Fsp3) is 0.500. The molecule has 0 bridgehead atoms. The SMILES string of the molecule is CC1CCCN(S(=O)(=O)c2ccc(I)c(C(=O)O)c2)C1C. The fourth-order valence-electron chi connectivity index (χ4n) is 2.60. The number of carbonyl (C=O) groups is 1. The van der Waals surface area contributed by atoms with Crippen molar-refractivity contribution in [1.82, 2.24) is 4.31 Å². The Morgan fingerprint density at radius 2 is 2.05 bits per heavy atom. The van der Waals surface area contributed by atoms with E-state index in [-0.39, 0.29) is 16.5 Å². The summed E-state index contributed by atoms with van der Waals surface area (Å²) in [6.07, 6.45) is 1.85. The second-order valence-electron chi connectivity index (χ2n) is 5.42. The van der Waals surface area contributed by atoms with Crippen LogP contribution in [0.2, 0.25) is 0 Å². The normalized spacial score (nSPS) is 24.0. The molecule has 1 saturated heterocycles. The quantitative estimate of drug-likeness (QED) is 0.759. The first-order valence-electron chi connectivity index (χ1n) is 6.80. The van der Waals surface area contributed by atoms with Crippen LogP contribution in [-0.2, 0) is 10.0 Å². The van der Waals surface area contributed by atoms with Crippen molar-refractivity contribution in [3.63, 3.8) is 0 Å². The minimum absolute atomic E-state index is 0.0226. The maximum Gasteiger partial charge on any atom is 0.336 e. The van der Waals surface area contributed by atoms with Gasteiger partial charge in [0.15, 0.2) is 0 Å². The van der Waals surface area contributed by atoms with Crippen LogP contribution in [0, 0.1) is 9.49 Å². The van der Waals surface area contributed by atoms with Crippen LogP contribution in [0.3, 0.4) is 0 Å². The van der Waals surface area contributed by atoms with Crippen LogP contribution in [0.25, 0.3) is 0 Å². The Labute approximate surface area is 138 Å². The van der Waals surface area contributed by atoms with Gasteiger partial charge >= 0.3 is 5.97 Å². The monoisotopic (exact) mass is 423 g/mol. The van der Waals surface area contributed by atoms with E-state index in [1.807, 2.05) is 36.4 Å². The molecule has 5 nitrogen and oxygen atoms in total. The molecule has 0 amide bonds. The third-order valence-electron chi connectivity index (χ3n) is 4.09. The zero-order valence-corrected chi connectivity index (χ0v) is 14.9. The van der Waals surface area contributed by atoms with E-state index in [4.69, 9.17) is 5.11 Å². The van der Waals surface area contributed by atoms with Crippen LogP contribution in [0.1, 0.15) is 37.0 Å². The van der Waals surface area contributed by atoms with Gasteiger partial charge in [-0.2, -0.15) is 4.31 Å². The molecule has 1 fully saturated rings. The van der Waals surface area contributed by atoms with Crippen molar-refractivity contribution in [2.24, 2.45) is 5.92 Å². The lowest BCUT2D eigenvalue weighted by Crippen LogP contribution is -2.45. The molecule has 0 aliphatic carbocycles. The number of carboxylic acid groups (broad SMARTS) is 1. The van der Waals surface area contributed by atoms with E-state index in [1.165, 1.54) is 22.5 Å². The van der Waals surface area contributed by atoms with Crippen molar-refractivity contribution in [3.8, 4) is 0 Å². The Morgan fingerprint density at radius 1 is 1.38 bits per heavy atom. The molecule has 1 aliphatic heterocycles. The maximum atomic E-state index is 12.8. The Kier molecular flexibility index (Phi) is 4.94. The van der Waals surface area contributed by atoms with Gasteiger partial charge in [-0.1, -0.05) is 6.92 Å². The molecule has 116 valence electrons. The average molecular weight is 423 g/mol. The van der Waals surface area contributed by atoms with Crippen molar-refractivity contribution in [3.05, 3.63) is 27.3 Å². The Bertz CT molecular complexity index is 659. The second-order valence-corrected chi connectivity index (χ2v) is 8.48. The van der Waals surface area contributed by atoms with Crippen molar-refractivity contribution in [1.29, 1.82) is 0 Å². The van der Waals surface area contributed by atoms with Gasteiger partial charge in [0.05, 0.1) is 10.5 Å². The molecule has 1 aliphatic rings. The van der Waals surface area contributed by atoms with E-state index in [0.717, 1.165) is 12.8 Å². The van der Waals surface area contributed by atoms with Crippen LogP contribution >= 0.6 is 22.6 Å². The molecule has 2 atom stereocenters. The van der Waals surface area contributed by atoms with Crippen LogP contribution in [-0.4, -0.2) is 36.4 Å². The summed E-state index contributed by atoms with van der Waals surface area (Å²) >= 11 is 1.89. The van der Waals surface area contributed by atoms with Crippen molar-refractivity contribution >= 4 is 38.6 Å². The topological polar surface area (TPSA) is 74.7 Å². The number of aromatic carboxylic acids is 1. The van der Waals surface area contributed by atoms with Gasteiger partial charge in [-0.3, -0.25) is 0 Å². The molecule has 1 N–H and O–H groups in total.